The Balaban J connectivity index is 2.01. The Labute approximate surface area is 135 Å². The van der Waals surface area contributed by atoms with Crippen molar-refractivity contribution in [2.24, 2.45) is 0 Å². The number of hydrogen-bond acceptors (Lipinski definition) is 2. The van der Waals surface area contributed by atoms with E-state index < -0.39 is 0 Å². The molecule has 22 heavy (non-hydrogen) atoms. The van der Waals surface area contributed by atoms with Gasteiger partial charge in [0.25, 0.3) is 0 Å². The van der Waals surface area contributed by atoms with E-state index in [0.29, 0.717) is 0 Å². The molecule has 0 saturated heterocycles. The van der Waals surface area contributed by atoms with E-state index in [0.717, 1.165) is 6.42 Å². The first-order valence-electron chi connectivity index (χ1n) is 8.34. The molecule has 0 fully saturated rings. The molecular formula is C20H28N2. The lowest BCUT2D eigenvalue weighted by Gasteiger charge is -2.23. The summed E-state index contributed by atoms with van der Waals surface area (Å²) in [6, 6.07) is 17.2. The molecule has 0 amide bonds. The highest BCUT2D eigenvalue weighted by Crippen LogP contribution is 2.17. The van der Waals surface area contributed by atoms with Gasteiger partial charge in [0, 0.05) is 11.4 Å². The Kier molecular flexibility index (Phi) is 6.32. The van der Waals surface area contributed by atoms with Gasteiger partial charge in [-0.25, -0.2) is 0 Å². The topological polar surface area (TPSA) is 24.1 Å². The van der Waals surface area contributed by atoms with Crippen LogP contribution >= 0.6 is 0 Å². The molecule has 2 nitrogen and oxygen atoms in total. The molecule has 0 aliphatic heterocycles. The van der Waals surface area contributed by atoms with Crippen molar-refractivity contribution in [1.82, 2.24) is 0 Å². The highest BCUT2D eigenvalue weighted by molar-refractivity contribution is 5.50. The summed E-state index contributed by atoms with van der Waals surface area (Å²) in [5, 5.41) is 7.23. The fourth-order valence-electron chi connectivity index (χ4n) is 2.48. The summed E-state index contributed by atoms with van der Waals surface area (Å²) < 4.78 is 0. The number of nitrogens with one attached hydrogen (secondary N) is 2. The molecule has 2 aromatic rings. The largest absolute Gasteiger partial charge is 0.365 e. The summed E-state index contributed by atoms with van der Waals surface area (Å²) in [6.07, 6.45) is 5.15. The van der Waals surface area contributed by atoms with Crippen LogP contribution in [0.5, 0.6) is 0 Å². The van der Waals surface area contributed by atoms with Gasteiger partial charge in [0.15, 0.2) is 0 Å². The van der Waals surface area contributed by atoms with E-state index in [9.17, 15) is 0 Å². The van der Waals surface area contributed by atoms with E-state index in [1.165, 1.54) is 41.8 Å². The second-order valence-corrected chi connectivity index (χ2v) is 6.07. The summed E-state index contributed by atoms with van der Waals surface area (Å²) in [6.45, 7) is 6.48. The van der Waals surface area contributed by atoms with Crippen LogP contribution < -0.4 is 10.6 Å². The van der Waals surface area contributed by atoms with E-state index in [2.05, 4.69) is 79.9 Å². The monoisotopic (exact) mass is 296 g/mol. The number of unbranched alkanes of at least 4 members (excludes halogenated alkanes) is 2. The van der Waals surface area contributed by atoms with Gasteiger partial charge >= 0.3 is 0 Å². The van der Waals surface area contributed by atoms with Gasteiger partial charge in [-0.15, -0.1) is 0 Å². The van der Waals surface area contributed by atoms with Crippen LogP contribution in [0.3, 0.4) is 0 Å². The van der Waals surface area contributed by atoms with Gasteiger partial charge in [0.1, 0.15) is 0 Å². The first-order chi connectivity index (χ1) is 10.7. The number of aryl methyl sites for hydroxylation is 2. The minimum atomic E-state index is 0.261. The fourth-order valence-corrected chi connectivity index (χ4v) is 2.48. The summed E-state index contributed by atoms with van der Waals surface area (Å²) in [5.41, 5.74) is 4.93. The number of benzene rings is 2. The van der Waals surface area contributed by atoms with E-state index >= 15 is 0 Å². The zero-order valence-electron chi connectivity index (χ0n) is 14.0. The van der Waals surface area contributed by atoms with Crippen LogP contribution in [0.2, 0.25) is 0 Å². The predicted octanol–water partition coefficient (Wildman–Crippen LogP) is 5.73. The van der Waals surface area contributed by atoms with Crippen molar-refractivity contribution in [2.75, 3.05) is 10.6 Å². The van der Waals surface area contributed by atoms with E-state index in [-0.39, 0.29) is 6.17 Å². The summed E-state index contributed by atoms with van der Waals surface area (Å²) in [4.78, 5) is 0. The van der Waals surface area contributed by atoms with E-state index in [1.807, 2.05) is 0 Å². The molecule has 0 aromatic heterocycles. The Morgan fingerprint density at radius 3 is 1.59 bits per heavy atom. The Hall–Kier alpha value is -1.96. The van der Waals surface area contributed by atoms with Crippen molar-refractivity contribution in [3.8, 4) is 0 Å². The second-order valence-electron chi connectivity index (χ2n) is 6.07. The Morgan fingerprint density at radius 2 is 1.18 bits per heavy atom. The SMILES string of the molecule is CCCCCC(Nc1ccc(C)cc1)Nc1ccc(C)cc1. The molecule has 0 saturated carbocycles. The lowest BCUT2D eigenvalue weighted by molar-refractivity contribution is 0.622. The van der Waals surface area contributed by atoms with Crippen molar-refractivity contribution in [3.05, 3.63) is 59.7 Å². The molecule has 118 valence electrons. The zero-order chi connectivity index (χ0) is 15.8. The van der Waals surface area contributed by atoms with Crippen molar-refractivity contribution >= 4 is 11.4 Å². The van der Waals surface area contributed by atoms with Gasteiger partial charge < -0.3 is 10.6 Å². The second kappa shape index (κ2) is 8.47. The lowest BCUT2D eigenvalue weighted by atomic mass is 10.1. The quantitative estimate of drug-likeness (QED) is 0.480. The maximum absolute atomic E-state index is 3.62. The molecule has 2 aromatic carbocycles. The highest BCUT2D eigenvalue weighted by atomic mass is 15.1. The predicted molar refractivity (Wildman–Crippen MR) is 97.5 cm³/mol. The van der Waals surface area contributed by atoms with Crippen molar-refractivity contribution < 1.29 is 0 Å². The summed E-state index contributed by atoms with van der Waals surface area (Å²) >= 11 is 0. The number of anilines is 2. The molecule has 0 spiro atoms. The van der Waals surface area contributed by atoms with Gasteiger partial charge in [-0.3, -0.25) is 0 Å². The summed E-state index contributed by atoms with van der Waals surface area (Å²) in [5.74, 6) is 0. The van der Waals surface area contributed by atoms with Crippen molar-refractivity contribution in [2.45, 2.75) is 52.6 Å². The van der Waals surface area contributed by atoms with Crippen molar-refractivity contribution in [3.63, 3.8) is 0 Å². The molecule has 2 N–H and O–H groups in total. The van der Waals surface area contributed by atoms with Gasteiger partial charge in [0.2, 0.25) is 0 Å². The molecule has 0 aliphatic rings. The summed E-state index contributed by atoms with van der Waals surface area (Å²) in [7, 11) is 0. The molecule has 0 bridgehead atoms. The van der Waals surface area contributed by atoms with E-state index in [4.69, 9.17) is 0 Å². The Morgan fingerprint density at radius 1 is 0.727 bits per heavy atom. The fraction of sp³-hybridized carbons (Fsp3) is 0.400. The third kappa shape index (κ3) is 5.44. The van der Waals surface area contributed by atoms with Crippen LogP contribution in [0.25, 0.3) is 0 Å². The number of hydrogen-bond donors (Lipinski definition) is 2. The molecule has 0 radical (unpaired) electrons. The molecule has 0 aliphatic carbocycles. The molecular weight excluding hydrogens is 268 g/mol. The molecule has 2 rings (SSSR count). The van der Waals surface area contributed by atoms with Crippen LogP contribution in [-0.2, 0) is 0 Å². The van der Waals surface area contributed by atoms with Gasteiger partial charge in [0.05, 0.1) is 6.17 Å². The molecule has 0 unspecified atom stereocenters. The average Bonchev–Trinajstić information content (AvgIpc) is 2.52. The van der Waals surface area contributed by atoms with E-state index in [1.54, 1.807) is 0 Å². The van der Waals surface area contributed by atoms with Crippen LogP contribution in [0.4, 0.5) is 11.4 Å². The van der Waals surface area contributed by atoms with Gasteiger partial charge in [-0.1, -0.05) is 55.2 Å². The van der Waals surface area contributed by atoms with Crippen LogP contribution in [-0.4, -0.2) is 6.17 Å². The molecule has 2 heteroatoms. The number of rotatable bonds is 8. The first-order valence-corrected chi connectivity index (χ1v) is 8.34. The highest BCUT2D eigenvalue weighted by Gasteiger charge is 2.08. The van der Waals surface area contributed by atoms with Gasteiger partial charge in [-0.05, 0) is 51.0 Å². The molecule has 0 atom stereocenters. The minimum Gasteiger partial charge on any atom is -0.365 e. The third-order valence-electron chi connectivity index (χ3n) is 3.88. The lowest BCUT2D eigenvalue weighted by Crippen LogP contribution is -2.28. The smallest absolute Gasteiger partial charge is 0.0963 e. The van der Waals surface area contributed by atoms with Crippen molar-refractivity contribution in [1.29, 1.82) is 0 Å². The minimum absolute atomic E-state index is 0.261. The maximum Gasteiger partial charge on any atom is 0.0963 e. The maximum atomic E-state index is 3.62. The first kappa shape index (κ1) is 16.4. The average molecular weight is 296 g/mol. The zero-order valence-corrected chi connectivity index (χ0v) is 14.0. The molecule has 0 heterocycles. The third-order valence-corrected chi connectivity index (χ3v) is 3.88. The van der Waals surface area contributed by atoms with Crippen LogP contribution in [0, 0.1) is 13.8 Å². The van der Waals surface area contributed by atoms with Crippen LogP contribution in [0.15, 0.2) is 48.5 Å². The van der Waals surface area contributed by atoms with Crippen LogP contribution in [0.1, 0.15) is 43.7 Å². The standard InChI is InChI=1S/C20H28N2/c1-4-5-6-7-20(21-18-12-8-16(2)9-13-18)22-19-14-10-17(3)11-15-19/h8-15,20-22H,4-7H2,1-3H3. The van der Waals surface area contributed by atoms with Gasteiger partial charge in [-0.2, -0.15) is 0 Å². The Bertz CT molecular complexity index is 495. The normalized spacial score (nSPS) is 10.7.